The summed E-state index contributed by atoms with van der Waals surface area (Å²) in [4.78, 5) is 16.2. The number of guanidine groups is 1. The summed E-state index contributed by atoms with van der Waals surface area (Å²) in [6.07, 6.45) is 8.32. The van der Waals surface area contributed by atoms with Crippen LogP contribution in [0.3, 0.4) is 0 Å². The van der Waals surface area contributed by atoms with Crippen molar-refractivity contribution in [3.8, 4) is 5.75 Å². The number of benzene rings is 1. The molecule has 0 aromatic heterocycles. The largest absolute Gasteiger partial charge is 0.484 e. The Balaban J connectivity index is 0.00000341. The smallest absolute Gasteiger partial charge is 0.258 e. The second kappa shape index (κ2) is 13.1. The van der Waals surface area contributed by atoms with Crippen molar-refractivity contribution in [3.63, 3.8) is 0 Å². The molecule has 0 heterocycles. The number of hydrogen-bond donors (Lipinski definition) is 3. The zero-order valence-corrected chi connectivity index (χ0v) is 21.1. The van der Waals surface area contributed by atoms with E-state index in [2.05, 4.69) is 20.9 Å². The van der Waals surface area contributed by atoms with Crippen LogP contribution in [0, 0.1) is 5.41 Å². The Morgan fingerprint density at radius 3 is 2.68 bits per heavy atom. The summed E-state index contributed by atoms with van der Waals surface area (Å²) in [6.45, 7) is 2.41. The van der Waals surface area contributed by atoms with Gasteiger partial charge in [0.1, 0.15) is 5.75 Å². The molecule has 1 aromatic carbocycles. The molecule has 3 N–H and O–H groups in total. The molecule has 31 heavy (non-hydrogen) atoms. The average Bonchev–Trinajstić information content (AvgIpc) is 3.45. The van der Waals surface area contributed by atoms with E-state index in [0.717, 1.165) is 43.9 Å². The molecule has 174 valence electrons. The SMILES string of the molecule is CN=C(NCc1cccc(OCC(=O)NC2CC2)c1)NCC1(CCOC)CCCC1.I. The van der Waals surface area contributed by atoms with Crippen molar-refractivity contribution in [2.75, 3.05) is 33.9 Å². The van der Waals surface area contributed by atoms with E-state index in [0.29, 0.717) is 23.8 Å². The number of aliphatic imine (C=N–C) groups is 1. The molecule has 7 nitrogen and oxygen atoms in total. The number of carbonyl (C=O) groups is 1. The van der Waals surface area contributed by atoms with Crippen LogP contribution in [0.1, 0.15) is 50.5 Å². The van der Waals surface area contributed by atoms with Crippen molar-refractivity contribution in [1.82, 2.24) is 16.0 Å². The van der Waals surface area contributed by atoms with Crippen molar-refractivity contribution in [2.45, 2.75) is 57.5 Å². The molecular weight excluding hydrogens is 507 g/mol. The van der Waals surface area contributed by atoms with E-state index >= 15 is 0 Å². The summed E-state index contributed by atoms with van der Waals surface area (Å²) in [7, 11) is 3.57. The Bertz CT molecular complexity index is 719. The normalized spacial score (nSPS) is 17.5. The average molecular weight is 544 g/mol. The quantitative estimate of drug-likeness (QED) is 0.227. The fraction of sp³-hybridized carbons (Fsp3) is 0.652. The van der Waals surface area contributed by atoms with Gasteiger partial charge in [0.25, 0.3) is 5.91 Å². The van der Waals surface area contributed by atoms with Crippen LogP contribution >= 0.6 is 24.0 Å². The molecule has 2 saturated carbocycles. The molecule has 0 spiro atoms. The third-order valence-corrected chi connectivity index (χ3v) is 6.03. The lowest BCUT2D eigenvalue weighted by Crippen LogP contribution is -2.43. The van der Waals surface area contributed by atoms with Gasteiger partial charge in [0.05, 0.1) is 0 Å². The van der Waals surface area contributed by atoms with Gasteiger partial charge in [-0.15, -0.1) is 24.0 Å². The number of nitrogens with zero attached hydrogens (tertiary/aromatic N) is 1. The predicted molar refractivity (Wildman–Crippen MR) is 134 cm³/mol. The molecule has 0 unspecified atom stereocenters. The minimum atomic E-state index is -0.0556. The first-order valence-corrected chi connectivity index (χ1v) is 11.1. The molecule has 0 radical (unpaired) electrons. The summed E-state index contributed by atoms with van der Waals surface area (Å²) < 4.78 is 11.0. The van der Waals surface area contributed by atoms with Crippen LogP contribution in [0.5, 0.6) is 5.75 Å². The number of methoxy groups -OCH3 is 1. The lowest BCUT2D eigenvalue weighted by molar-refractivity contribution is -0.123. The Labute approximate surface area is 203 Å². The highest BCUT2D eigenvalue weighted by Gasteiger charge is 2.33. The lowest BCUT2D eigenvalue weighted by Gasteiger charge is -2.30. The van der Waals surface area contributed by atoms with E-state index in [9.17, 15) is 4.79 Å². The second-order valence-corrected chi connectivity index (χ2v) is 8.51. The fourth-order valence-electron chi connectivity index (χ4n) is 4.03. The van der Waals surface area contributed by atoms with Crippen molar-refractivity contribution < 1.29 is 14.3 Å². The summed E-state index contributed by atoms with van der Waals surface area (Å²) in [5, 5.41) is 9.82. The highest BCUT2D eigenvalue weighted by atomic mass is 127. The summed E-state index contributed by atoms with van der Waals surface area (Å²) in [5.74, 6) is 1.45. The van der Waals surface area contributed by atoms with Gasteiger partial charge in [-0.2, -0.15) is 0 Å². The number of nitrogens with one attached hydrogen (secondary N) is 3. The first-order chi connectivity index (χ1) is 14.6. The topological polar surface area (TPSA) is 84.0 Å². The Morgan fingerprint density at radius 2 is 2.00 bits per heavy atom. The number of rotatable bonds is 11. The minimum Gasteiger partial charge on any atom is -0.484 e. The molecule has 8 heteroatoms. The molecule has 2 aliphatic carbocycles. The van der Waals surface area contributed by atoms with E-state index in [1.54, 1.807) is 14.2 Å². The fourth-order valence-corrected chi connectivity index (χ4v) is 4.03. The number of amides is 1. The van der Waals surface area contributed by atoms with Crippen LogP contribution in [0.25, 0.3) is 0 Å². The van der Waals surface area contributed by atoms with E-state index in [1.807, 2.05) is 24.3 Å². The molecule has 0 bridgehead atoms. The van der Waals surface area contributed by atoms with E-state index in [-0.39, 0.29) is 36.5 Å². The summed E-state index contributed by atoms with van der Waals surface area (Å²) in [5.41, 5.74) is 1.38. The molecule has 2 fully saturated rings. The van der Waals surface area contributed by atoms with Gasteiger partial charge in [-0.1, -0.05) is 25.0 Å². The van der Waals surface area contributed by atoms with Crippen molar-refractivity contribution in [3.05, 3.63) is 29.8 Å². The van der Waals surface area contributed by atoms with Gasteiger partial charge >= 0.3 is 0 Å². The standard InChI is InChI=1S/C23H36N4O3.HI/c1-24-22(26-17-23(12-13-29-2)10-3-4-11-23)25-15-18-6-5-7-20(14-18)30-16-21(28)27-19-8-9-19;/h5-7,14,19H,3-4,8-13,15-17H2,1-2H3,(H,27,28)(H2,24,25,26);1H. The van der Waals surface area contributed by atoms with Crippen LogP contribution < -0.4 is 20.7 Å². The molecule has 3 rings (SSSR count). The van der Waals surface area contributed by atoms with Crippen molar-refractivity contribution in [1.29, 1.82) is 0 Å². The maximum absolute atomic E-state index is 11.8. The summed E-state index contributed by atoms with van der Waals surface area (Å²) >= 11 is 0. The molecular formula is C23H37IN4O3. The number of halogens is 1. The highest BCUT2D eigenvalue weighted by Crippen LogP contribution is 2.40. The molecule has 0 aliphatic heterocycles. The number of hydrogen-bond acceptors (Lipinski definition) is 4. The van der Waals surface area contributed by atoms with E-state index in [1.165, 1.54) is 25.7 Å². The second-order valence-electron chi connectivity index (χ2n) is 8.51. The van der Waals surface area contributed by atoms with Gasteiger partial charge in [0.15, 0.2) is 12.6 Å². The van der Waals surface area contributed by atoms with Gasteiger partial charge in [0, 0.05) is 39.9 Å². The third kappa shape index (κ3) is 8.84. The maximum Gasteiger partial charge on any atom is 0.258 e. The first kappa shape index (κ1) is 25.7. The van der Waals surface area contributed by atoms with Crippen LogP contribution in [0.15, 0.2) is 29.3 Å². The van der Waals surface area contributed by atoms with Crippen LogP contribution in [0.2, 0.25) is 0 Å². The highest BCUT2D eigenvalue weighted by molar-refractivity contribution is 14.0. The molecule has 2 aliphatic rings. The zero-order chi connectivity index (χ0) is 21.2. The van der Waals surface area contributed by atoms with Crippen LogP contribution in [-0.2, 0) is 16.1 Å². The zero-order valence-electron chi connectivity index (χ0n) is 18.7. The van der Waals surface area contributed by atoms with Gasteiger partial charge in [-0.3, -0.25) is 9.79 Å². The number of ether oxygens (including phenoxy) is 2. The van der Waals surface area contributed by atoms with Crippen molar-refractivity contribution in [2.24, 2.45) is 10.4 Å². The third-order valence-electron chi connectivity index (χ3n) is 6.03. The van der Waals surface area contributed by atoms with E-state index < -0.39 is 0 Å². The molecule has 1 amide bonds. The monoisotopic (exact) mass is 544 g/mol. The van der Waals surface area contributed by atoms with Crippen LogP contribution in [0.4, 0.5) is 0 Å². The lowest BCUT2D eigenvalue weighted by atomic mass is 9.83. The molecule has 0 saturated heterocycles. The molecule has 0 atom stereocenters. The Kier molecular flexibility index (Phi) is 10.9. The predicted octanol–water partition coefficient (Wildman–Crippen LogP) is 3.22. The number of carbonyl (C=O) groups excluding carboxylic acids is 1. The Hall–Kier alpha value is -1.55. The minimum absolute atomic E-state index is 0. The maximum atomic E-state index is 11.8. The molecule has 1 aromatic rings. The first-order valence-electron chi connectivity index (χ1n) is 11.1. The van der Waals surface area contributed by atoms with E-state index in [4.69, 9.17) is 9.47 Å². The van der Waals surface area contributed by atoms with Crippen LogP contribution in [-0.4, -0.2) is 51.8 Å². The van der Waals surface area contributed by atoms with Gasteiger partial charge < -0.3 is 25.4 Å². The van der Waals surface area contributed by atoms with Crippen molar-refractivity contribution >= 4 is 35.8 Å². The van der Waals surface area contributed by atoms with Gasteiger partial charge in [-0.25, -0.2) is 0 Å². The van der Waals surface area contributed by atoms with Gasteiger partial charge in [-0.05, 0) is 55.2 Å². The Morgan fingerprint density at radius 1 is 1.23 bits per heavy atom. The summed E-state index contributed by atoms with van der Waals surface area (Å²) in [6, 6.07) is 8.17. The van der Waals surface area contributed by atoms with Gasteiger partial charge in [0.2, 0.25) is 0 Å².